The zero-order chi connectivity index (χ0) is 11.6. The first-order valence-electron chi connectivity index (χ1n) is 3.95. The zero-order valence-corrected chi connectivity index (χ0v) is 7.84. The molecule has 1 aromatic carbocycles. The number of methoxy groups -OCH3 is 1. The Hall–Kier alpha value is -1.79. The van der Waals surface area contributed by atoms with Crippen molar-refractivity contribution in [3.05, 3.63) is 23.8 Å². The fourth-order valence-corrected chi connectivity index (χ4v) is 1.02. The minimum absolute atomic E-state index is 0.0405. The molecule has 6 heteroatoms. The number of rotatable bonds is 3. The number of hydrogen-bond acceptors (Lipinski definition) is 5. The Kier molecular flexibility index (Phi) is 2.83. The molecule has 0 bridgehead atoms. The maximum Gasteiger partial charge on any atom is 0.369 e. The van der Waals surface area contributed by atoms with Crippen LogP contribution in [0.4, 0.5) is 0 Å². The molecule has 0 saturated carbocycles. The molecular formula is C9H10O6. The van der Waals surface area contributed by atoms with E-state index in [0.717, 1.165) is 18.2 Å². The van der Waals surface area contributed by atoms with E-state index in [1.54, 1.807) is 0 Å². The molecule has 0 amide bonds. The molecule has 0 heterocycles. The van der Waals surface area contributed by atoms with Gasteiger partial charge in [0.1, 0.15) is 0 Å². The largest absolute Gasteiger partial charge is 0.504 e. The van der Waals surface area contributed by atoms with E-state index in [9.17, 15) is 20.1 Å². The highest BCUT2D eigenvalue weighted by Crippen LogP contribution is 2.30. The summed E-state index contributed by atoms with van der Waals surface area (Å²) in [4.78, 5) is 10.5. The van der Waals surface area contributed by atoms with Gasteiger partial charge in [0.2, 0.25) is 0 Å². The van der Waals surface area contributed by atoms with E-state index in [0.29, 0.717) is 0 Å². The van der Waals surface area contributed by atoms with Gasteiger partial charge in [-0.15, -0.1) is 0 Å². The van der Waals surface area contributed by atoms with Crippen LogP contribution in [0.3, 0.4) is 0 Å². The summed E-state index contributed by atoms with van der Waals surface area (Å²) in [7, 11) is 1.26. The van der Waals surface area contributed by atoms with Crippen LogP contribution in [0.5, 0.6) is 11.5 Å². The van der Waals surface area contributed by atoms with Gasteiger partial charge in [-0.2, -0.15) is 0 Å². The molecule has 15 heavy (non-hydrogen) atoms. The van der Waals surface area contributed by atoms with Crippen molar-refractivity contribution in [3.63, 3.8) is 0 Å². The monoisotopic (exact) mass is 214 g/mol. The van der Waals surface area contributed by atoms with Gasteiger partial charge in [0.05, 0.1) is 7.11 Å². The van der Waals surface area contributed by atoms with Crippen LogP contribution in [0.1, 0.15) is 5.56 Å². The molecule has 1 rings (SSSR count). The molecule has 0 atom stereocenters. The molecule has 0 aliphatic heterocycles. The van der Waals surface area contributed by atoms with Gasteiger partial charge in [0.25, 0.3) is 5.79 Å². The quantitative estimate of drug-likeness (QED) is 0.511. The molecule has 0 aliphatic carbocycles. The van der Waals surface area contributed by atoms with Crippen LogP contribution < -0.4 is 4.74 Å². The number of ether oxygens (including phenoxy) is 1. The lowest BCUT2D eigenvalue weighted by Gasteiger charge is -2.17. The van der Waals surface area contributed by atoms with E-state index < -0.39 is 11.8 Å². The first kappa shape index (κ1) is 11.3. The van der Waals surface area contributed by atoms with E-state index in [2.05, 4.69) is 0 Å². The molecule has 0 radical (unpaired) electrons. The Morgan fingerprint density at radius 3 is 2.47 bits per heavy atom. The second-order valence-corrected chi connectivity index (χ2v) is 2.86. The molecule has 0 saturated heterocycles. The van der Waals surface area contributed by atoms with Crippen molar-refractivity contribution in [1.29, 1.82) is 0 Å². The van der Waals surface area contributed by atoms with Crippen LogP contribution in [0.2, 0.25) is 0 Å². The number of carbonyl (C=O) groups is 1. The highest BCUT2D eigenvalue weighted by atomic mass is 16.5. The summed E-state index contributed by atoms with van der Waals surface area (Å²) in [6.45, 7) is 0. The summed E-state index contributed by atoms with van der Waals surface area (Å²) in [5.41, 5.74) is -0.301. The van der Waals surface area contributed by atoms with Gasteiger partial charge in [0.15, 0.2) is 11.5 Å². The Morgan fingerprint density at radius 2 is 2.00 bits per heavy atom. The maximum absolute atomic E-state index is 10.5. The van der Waals surface area contributed by atoms with Crippen molar-refractivity contribution < 1.29 is 30.0 Å². The number of carboxylic acid groups (broad SMARTS) is 1. The molecule has 4 N–H and O–H groups in total. The number of carboxylic acids is 1. The van der Waals surface area contributed by atoms with Crippen LogP contribution in [0, 0.1) is 0 Å². The van der Waals surface area contributed by atoms with Gasteiger partial charge >= 0.3 is 5.97 Å². The second-order valence-electron chi connectivity index (χ2n) is 2.86. The predicted octanol–water partition coefficient (Wildman–Crippen LogP) is -0.377. The van der Waals surface area contributed by atoms with Gasteiger partial charge in [-0.3, -0.25) is 0 Å². The van der Waals surface area contributed by atoms with Gasteiger partial charge in [0, 0.05) is 5.56 Å². The number of aromatic hydroxyl groups is 1. The fraction of sp³-hybridized carbons (Fsp3) is 0.222. The lowest BCUT2D eigenvalue weighted by Crippen LogP contribution is -2.34. The third kappa shape index (κ3) is 2.00. The number of phenols is 1. The molecule has 0 aromatic heterocycles. The normalized spacial score (nSPS) is 11.1. The number of phenolic OH excluding ortho intramolecular Hbond substituents is 1. The van der Waals surface area contributed by atoms with Crippen LogP contribution in [0.25, 0.3) is 0 Å². The molecule has 0 fully saturated rings. The highest BCUT2D eigenvalue weighted by molar-refractivity contribution is 5.77. The molecule has 0 spiro atoms. The predicted molar refractivity (Wildman–Crippen MR) is 48.4 cm³/mol. The first-order valence-corrected chi connectivity index (χ1v) is 3.95. The van der Waals surface area contributed by atoms with E-state index in [-0.39, 0.29) is 17.1 Å². The van der Waals surface area contributed by atoms with Crippen molar-refractivity contribution in [2.45, 2.75) is 5.79 Å². The standard InChI is InChI=1S/C9H10O6/c1-15-7-4-5(2-3-6(7)10)9(13,14)8(11)12/h2-4,10,13-14H,1H3,(H,11,12). The SMILES string of the molecule is COc1cc(C(O)(O)C(=O)O)ccc1O. The smallest absolute Gasteiger partial charge is 0.369 e. The third-order valence-electron chi connectivity index (χ3n) is 1.88. The Balaban J connectivity index is 3.22. The van der Waals surface area contributed by atoms with Gasteiger partial charge in [-0.1, -0.05) is 0 Å². The second kappa shape index (κ2) is 3.76. The molecule has 1 aromatic rings. The Bertz CT molecular complexity index is 384. The van der Waals surface area contributed by atoms with Crippen molar-refractivity contribution >= 4 is 5.97 Å². The van der Waals surface area contributed by atoms with Crippen molar-refractivity contribution in [2.24, 2.45) is 0 Å². The maximum atomic E-state index is 10.5. The highest BCUT2D eigenvalue weighted by Gasteiger charge is 2.36. The molecule has 0 aliphatic rings. The number of aliphatic hydroxyl groups is 2. The summed E-state index contributed by atoms with van der Waals surface area (Å²) in [5.74, 6) is -5.07. The average molecular weight is 214 g/mol. The summed E-state index contributed by atoms with van der Waals surface area (Å²) in [5, 5.41) is 36.1. The first-order chi connectivity index (χ1) is 6.89. The number of hydrogen-bond donors (Lipinski definition) is 4. The van der Waals surface area contributed by atoms with E-state index in [1.807, 2.05) is 0 Å². The van der Waals surface area contributed by atoms with E-state index >= 15 is 0 Å². The minimum atomic E-state index is -3.00. The lowest BCUT2D eigenvalue weighted by molar-refractivity contribution is -0.208. The van der Waals surface area contributed by atoms with Crippen LogP contribution >= 0.6 is 0 Å². The van der Waals surface area contributed by atoms with Gasteiger partial charge in [-0.25, -0.2) is 4.79 Å². The van der Waals surface area contributed by atoms with Crippen molar-refractivity contribution in [2.75, 3.05) is 7.11 Å². The van der Waals surface area contributed by atoms with Crippen LogP contribution in [-0.4, -0.2) is 33.5 Å². The Morgan fingerprint density at radius 1 is 1.40 bits per heavy atom. The molecule has 0 unspecified atom stereocenters. The topological polar surface area (TPSA) is 107 Å². The summed E-state index contributed by atoms with van der Waals surface area (Å²) < 4.78 is 4.70. The molecular weight excluding hydrogens is 204 g/mol. The molecule has 82 valence electrons. The minimum Gasteiger partial charge on any atom is -0.504 e. The summed E-state index contributed by atoms with van der Waals surface area (Å²) in [6, 6.07) is 3.22. The zero-order valence-electron chi connectivity index (χ0n) is 7.84. The van der Waals surface area contributed by atoms with Crippen molar-refractivity contribution in [3.8, 4) is 11.5 Å². The van der Waals surface area contributed by atoms with Crippen molar-refractivity contribution in [1.82, 2.24) is 0 Å². The van der Waals surface area contributed by atoms with Gasteiger partial charge in [-0.05, 0) is 18.2 Å². The average Bonchev–Trinajstić information content (AvgIpc) is 2.18. The summed E-state index contributed by atoms with van der Waals surface area (Å²) in [6.07, 6.45) is 0. The lowest BCUT2D eigenvalue weighted by atomic mass is 10.1. The third-order valence-corrected chi connectivity index (χ3v) is 1.88. The fourth-order valence-electron chi connectivity index (χ4n) is 1.02. The van der Waals surface area contributed by atoms with E-state index in [4.69, 9.17) is 9.84 Å². The number of aliphatic carboxylic acids is 1. The van der Waals surface area contributed by atoms with Crippen LogP contribution in [-0.2, 0) is 10.6 Å². The van der Waals surface area contributed by atoms with Crippen LogP contribution in [0.15, 0.2) is 18.2 Å². The van der Waals surface area contributed by atoms with Gasteiger partial charge < -0.3 is 25.2 Å². The van der Waals surface area contributed by atoms with E-state index in [1.165, 1.54) is 7.11 Å². The summed E-state index contributed by atoms with van der Waals surface area (Å²) >= 11 is 0. The Labute approximate surface area is 85.0 Å². The molecule has 6 nitrogen and oxygen atoms in total. The number of benzene rings is 1.